The maximum Gasteiger partial charge on any atom is 0.190 e. The zero-order valence-corrected chi connectivity index (χ0v) is 15.7. The summed E-state index contributed by atoms with van der Waals surface area (Å²) in [4.78, 5) is 1.14. The molecule has 0 N–H and O–H groups in total. The van der Waals surface area contributed by atoms with E-state index in [1.165, 1.54) is 10.8 Å². The molecule has 1 aliphatic heterocycles. The summed E-state index contributed by atoms with van der Waals surface area (Å²) in [6, 6.07) is 27.2. The molecule has 0 fully saturated rings. The van der Waals surface area contributed by atoms with Gasteiger partial charge < -0.3 is 9.47 Å². The fourth-order valence-electron chi connectivity index (χ4n) is 3.77. The number of thiophene rings is 1. The van der Waals surface area contributed by atoms with E-state index in [0.717, 1.165) is 33.1 Å². The van der Waals surface area contributed by atoms with Crippen LogP contribution < -0.4 is 4.74 Å². The Morgan fingerprint density at radius 2 is 1.67 bits per heavy atom. The van der Waals surface area contributed by atoms with Crippen molar-refractivity contribution in [1.29, 1.82) is 0 Å². The normalized spacial score (nSPS) is 16.1. The highest BCUT2D eigenvalue weighted by Gasteiger charge is 2.33. The highest BCUT2D eigenvalue weighted by Crippen LogP contribution is 2.48. The Labute approximate surface area is 162 Å². The van der Waals surface area contributed by atoms with Crippen molar-refractivity contribution in [2.75, 3.05) is 7.11 Å². The third kappa shape index (κ3) is 2.63. The molecule has 0 spiro atoms. The maximum absolute atomic E-state index is 6.47. The summed E-state index contributed by atoms with van der Waals surface area (Å²) >= 11 is 1.68. The molecule has 1 aliphatic rings. The van der Waals surface area contributed by atoms with Gasteiger partial charge in [-0.25, -0.2) is 0 Å². The van der Waals surface area contributed by atoms with Gasteiger partial charge in [0.25, 0.3) is 0 Å². The van der Waals surface area contributed by atoms with Crippen molar-refractivity contribution in [2.24, 2.45) is 0 Å². The van der Waals surface area contributed by atoms with Crippen LogP contribution in [0.4, 0.5) is 0 Å². The summed E-state index contributed by atoms with van der Waals surface area (Å²) in [7, 11) is 1.73. The van der Waals surface area contributed by atoms with E-state index >= 15 is 0 Å². The van der Waals surface area contributed by atoms with Gasteiger partial charge in [-0.3, -0.25) is 0 Å². The molecule has 0 bridgehead atoms. The average Bonchev–Trinajstić information content (AvgIpc) is 3.27. The van der Waals surface area contributed by atoms with Crippen LogP contribution in [-0.4, -0.2) is 7.11 Å². The van der Waals surface area contributed by atoms with Crippen LogP contribution in [0.5, 0.6) is 5.75 Å². The lowest BCUT2D eigenvalue weighted by atomic mass is 9.88. The van der Waals surface area contributed by atoms with Gasteiger partial charge in [-0.15, -0.1) is 11.3 Å². The number of methoxy groups -OCH3 is 1. The summed E-state index contributed by atoms with van der Waals surface area (Å²) in [5.41, 5.74) is 3.34. The topological polar surface area (TPSA) is 18.5 Å². The summed E-state index contributed by atoms with van der Waals surface area (Å²) < 4.78 is 12.4. The standard InChI is InChI=1S/C24H18O2S/c1-25-24-21(17-9-3-2-4-10-17)22-18-11-6-5-8-16(18)13-14-19(22)26-23(24)20-12-7-15-27-20/h2-15,23H,1H3. The predicted octanol–water partition coefficient (Wildman–Crippen LogP) is 6.44. The molecule has 0 radical (unpaired) electrons. The van der Waals surface area contributed by atoms with Crippen LogP contribution in [0.1, 0.15) is 22.1 Å². The number of hydrogen-bond acceptors (Lipinski definition) is 3. The number of ether oxygens (including phenoxy) is 2. The molecule has 1 aromatic heterocycles. The van der Waals surface area contributed by atoms with Gasteiger partial charge in [0.2, 0.25) is 0 Å². The summed E-state index contributed by atoms with van der Waals surface area (Å²) in [6.45, 7) is 0. The Bertz CT molecular complexity index is 1130. The molecule has 5 rings (SSSR count). The van der Waals surface area contributed by atoms with E-state index in [4.69, 9.17) is 9.47 Å². The largest absolute Gasteiger partial charge is 0.496 e. The van der Waals surface area contributed by atoms with Crippen LogP contribution in [0.2, 0.25) is 0 Å². The predicted molar refractivity (Wildman–Crippen MR) is 111 cm³/mol. The van der Waals surface area contributed by atoms with E-state index in [1.807, 2.05) is 6.07 Å². The molecule has 1 atom stereocenters. The van der Waals surface area contributed by atoms with Gasteiger partial charge in [-0.2, -0.15) is 0 Å². The van der Waals surface area contributed by atoms with Gasteiger partial charge in [-0.1, -0.05) is 66.7 Å². The SMILES string of the molecule is COC1=C(c2ccccc2)c2c(ccc3ccccc23)OC1c1cccs1. The second kappa shape index (κ2) is 6.60. The highest BCUT2D eigenvalue weighted by molar-refractivity contribution is 7.10. The second-order valence-corrected chi connectivity index (χ2v) is 7.46. The van der Waals surface area contributed by atoms with Gasteiger partial charge in [0.15, 0.2) is 11.9 Å². The van der Waals surface area contributed by atoms with Gasteiger partial charge in [-0.05, 0) is 33.8 Å². The summed E-state index contributed by atoms with van der Waals surface area (Å²) in [5.74, 6) is 1.75. The van der Waals surface area contributed by atoms with E-state index in [-0.39, 0.29) is 6.10 Å². The van der Waals surface area contributed by atoms with Crippen molar-refractivity contribution in [3.8, 4) is 5.75 Å². The smallest absolute Gasteiger partial charge is 0.190 e. The number of benzene rings is 3. The van der Waals surface area contributed by atoms with Crippen molar-refractivity contribution in [2.45, 2.75) is 6.10 Å². The number of hydrogen-bond donors (Lipinski definition) is 0. The zero-order chi connectivity index (χ0) is 18.2. The molecule has 0 amide bonds. The Balaban J connectivity index is 1.86. The lowest BCUT2D eigenvalue weighted by Gasteiger charge is -2.31. The second-order valence-electron chi connectivity index (χ2n) is 6.48. The first kappa shape index (κ1) is 16.2. The third-order valence-electron chi connectivity index (χ3n) is 4.95. The number of fused-ring (bicyclic) bond motifs is 3. The van der Waals surface area contributed by atoms with E-state index in [0.29, 0.717) is 0 Å². The van der Waals surface area contributed by atoms with Gasteiger partial charge in [0.1, 0.15) is 5.75 Å². The van der Waals surface area contributed by atoms with Gasteiger partial charge >= 0.3 is 0 Å². The molecule has 4 aromatic rings. The van der Waals surface area contributed by atoms with E-state index in [2.05, 4.69) is 78.2 Å². The fraction of sp³-hybridized carbons (Fsp3) is 0.0833. The summed E-state index contributed by atoms with van der Waals surface area (Å²) in [5, 5.41) is 4.44. The third-order valence-corrected chi connectivity index (χ3v) is 5.87. The molecule has 132 valence electrons. The Kier molecular flexibility index (Phi) is 3.95. The maximum atomic E-state index is 6.47. The van der Waals surface area contributed by atoms with Crippen LogP contribution in [0.3, 0.4) is 0 Å². The van der Waals surface area contributed by atoms with Crippen LogP contribution in [-0.2, 0) is 4.74 Å². The Hall–Kier alpha value is -3.04. The highest BCUT2D eigenvalue weighted by atomic mass is 32.1. The van der Waals surface area contributed by atoms with Crippen molar-refractivity contribution >= 4 is 27.7 Å². The van der Waals surface area contributed by atoms with E-state index in [9.17, 15) is 0 Å². The zero-order valence-electron chi connectivity index (χ0n) is 14.9. The molecule has 1 unspecified atom stereocenters. The minimum atomic E-state index is -0.237. The quantitative estimate of drug-likeness (QED) is 0.413. The van der Waals surface area contributed by atoms with Crippen molar-refractivity contribution in [3.63, 3.8) is 0 Å². The Morgan fingerprint density at radius 3 is 2.44 bits per heavy atom. The van der Waals surface area contributed by atoms with Crippen molar-refractivity contribution < 1.29 is 9.47 Å². The molecule has 27 heavy (non-hydrogen) atoms. The average molecular weight is 370 g/mol. The molecule has 2 nitrogen and oxygen atoms in total. The van der Waals surface area contributed by atoms with Crippen LogP contribution in [0, 0.1) is 0 Å². The molecule has 0 saturated heterocycles. The molecule has 2 heterocycles. The fourth-order valence-corrected chi connectivity index (χ4v) is 4.52. The molecular formula is C24H18O2S. The van der Waals surface area contributed by atoms with Gasteiger partial charge in [0.05, 0.1) is 12.0 Å². The molecular weight excluding hydrogens is 352 g/mol. The molecule has 0 aliphatic carbocycles. The van der Waals surface area contributed by atoms with E-state index in [1.54, 1.807) is 18.4 Å². The minimum Gasteiger partial charge on any atom is -0.496 e. The van der Waals surface area contributed by atoms with Crippen LogP contribution in [0.25, 0.3) is 16.3 Å². The Morgan fingerprint density at radius 1 is 0.852 bits per heavy atom. The monoisotopic (exact) mass is 370 g/mol. The van der Waals surface area contributed by atoms with E-state index < -0.39 is 0 Å². The van der Waals surface area contributed by atoms with Gasteiger partial charge in [0, 0.05) is 11.1 Å². The lowest BCUT2D eigenvalue weighted by molar-refractivity contribution is 0.147. The molecule has 3 aromatic carbocycles. The first-order valence-electron chi connectivity index (χ1n) is 8.92. The van der Waals surface area contributed by atoms with Crippen molar-refractivity contribution in [1.82, 2.24) is 0 Å². The van der Waals surface area contributed by atoms with Crippen LogP contribution >= 0.6 is 11.3 Å². The first-order valence-corrected chi connectivity index (χ1v) is 9.80. The minimum absolute atomic E-state index is 0.237. The lowest BCUT2D eigenvalue weighted by Crippen LogP contribution is -2.18. The van der Waals surface area contributed by atoms with Crippen LogP contribution in [0.15, 0.2) is 90.0 Å². The molecule has 3 heteroatoms. The van der Waals surface area contributed by atoms with Crippen molar-refractivity contribution in [3.05, 3.63) is 106 Å². The number of rotatable bonds is 3. The molecule has 0 saturated carbocycles. The first-order chi connectivity index (χ1) is 13.4. The summed E-state index contributed by atoms with van der Waals surface area (Å²) in [6.07, 6.45) is -0.237.